The smallest absolute Gasteiger partial charge is 0.410 e. The number of nitrogens with two attached hydrogens (primary N) is 1. The Morgan fingerprint density at radius 1 is 1.38 bits per heavy atom. The van der Waals surface area contributed by atoms with Gasteiger partial charge in [0, 0.05) is 25.6 Å². The molecule has 160 valence electrons. The van der Waals surface area contributed by atoms with Crippen LogP contribution in [-0.2, 0) is 21.3 Å². The van der Waals surface area contributed by atoms with Gasteiger partial charge in [0.2, 0.25) is 0 Å². The molecule has 0 spiro atoms. The molecule has 0 atom stereocenters. The number of ether oxygens (including phenoxy) is 1. The maximum Gasteiger partial charge on any atom is 0.410 e. The number of aromatic nitrogens is 2. The second-order valence-electron chi connectivity index (χ2n) is 6.84. The van der Waals surface area contributed by atoms with Crippen molar-refractivity contribution in [2.75, 3.05) is 7.05 Å². The van der Waals surface area contributed by atoms with Crippen molar-refractivity contribution in [2.45, 2.75) is 37.8 Å². The van der Waals surface area contributed by atoms with Crippen LogP contribution in [0.4, 0.5) is 9.59 Å². The molecule has 2 aromatic rings. The number of rotatable bonds is 4. The van der Waals surface area contributed by atoms with Crippen LogP contribution in [0.2, 0.25) is 0 Å². The topological polar surface area (TPSA) is 145 Å². The number of carboxylic acid groups (broad SMARTS) is 1. The summed E-state index contributed by atoms with van der Waals surface area (Å²) < 4.78 is 32.1. The first-order chi connectivity index (χ1) is 13.2. The van der Waals surface area contributed by atoms with Gasteiger partial charge in [-0.25, -0.2) is 22.0 Å². The van der Waals surface area contributed by atoms with E-state index < -0.39 is 27.8 Å². The maximum atomic E-state index is 12.7. The van der Waals surface area contributed by atoms with E-state index in [4.69, 9.17) is 14.6 Å². The van der Waals surface area contributed by atoms with Gasteiger partial charge in [0.05, 0.1) is 6.54 Å². The molecule has 0 radical (unpaired) electrons. The summed E-state index contributed by atoms with van der Waals surface area (Å²) in [7, 11) is -2.17. The molecule has 2 rings (SSSR count). The number of carbonyl (C=O) groups excluding carboxylic acids is 1. The van der Waals surface area contributed by atoms with E-state index in [-0.39, 0.29) is 11.4 Å². The average Bonchev–Trinajstić information content (AvgIpc) is 2.94. The Bertz CT molecular complexity index is 950. The van der Waals surface area contributed by atoms with Gasteiger partial charge in [0.15, 0.2) is 0 Å². The second-order valence-corrected chi connectivity index (χ2v) is 9.46. The monoisotopic (exact) mass is 490 g/mol. The van der Waals surface area contributed by atoms with Gasteiger partial charge in [-0.1, -0.05) is 0 Å². The Hall–Kier alpha value is -2.60. The number of hydrogen-bond acceptors (Lipinski definition) is 6. The van der Waals surface area contributed by atoms with E-state index in [1.54, 1.807) is 40.0 Å². The Kier molecular flexibility index (Phi) is 8.21. The highest BCUT2D eigenvalue weighted by atomic mass is 79.9. The van der Waals surface area contributed by atoms with Gasteiger partial charge in [-0.3, -0.25) is 4.98 Å². The first kappa shape index (κ1) is 24.4. The molecule has 2 aromatic heterocycles. The standard InChI is InChI=1S/C16H20BrN3O4S.CH3NO2/c1-16(2,3)24-15(21)19(4)10-12-8-14(17)20(11-12)25(22,23)13-6-5-7-18-9-13;2-1(3)4/h5-9,11H,10H2,1-4H3;2H2,(H,3,4). The third kappa shape index (κ3) is 7.74. The van der Waals surface area contributed by atoms with Gasteiger partial charge >= 0.3 is 12.2 Å². The van der Waals surface area contributed by atoms with Gasteiger partial charge in [-0.05, 0) is 60.5 Å². The number of amides is 2. The predicted molar refractivity (Wildman–Crippen MR) is 109 cm³/mol. The summed E-state index contributed by atoms with van der Waals surface area (Å²) in [6, 6.07) is 4.68. The summed E-state index contributed by atoms with van der Waals surface area (Å²) in [4.78, 5) is 26.1. The van der Waals surface area contributed by atoms with Gasteiger partial charge in [-0.2, -0.15) is 0 Å². The molecular weight excluding hydrogens is 468 g/mol. The fourth-order valence-electron chi connectivity index (χ4n) is 2.03. The van der Waals surface area contributed by atoms with Crippen molar-refractivity contribution in [3.05, 3.63) is 47.0 Å². The van der Waals surface area contributed by atoms with Crippen molar-refractivity contribution in [2.24, 2.45) is 5.73 Å². The summed E-state index contributed by atoms with van der Waals surface area (Å²) in [5, 5.41) is 7.19. The quantitative estimate of drug-likeness (QED) is 0.669. The van der Waals surface area contributed by atoms with Crippen molar-refractivity contribution in [1.29, 1.82) is 0 Å². The van der Waals surface area contributed by atoms with Crippen LogP contribution in [0.5, 0.6) is 0 Å². The largest absolute Gasteiger partial charge is 0.465 e. The predicted octanol–water partition coefficient (Wildman–Crippen LogP) is 2.87. The van der Waals surface area contributed by atoms with Crippen molar-refractivity contribution in [1.82, 2.24) is 13.9 Å². The molecule has 29 heavy (non-hydrogen) atoms. The van der Waals surface area contributed by atoms with Crippen LogP contribution < -0.4 is 5.73 Å². The van der Waals surface area contributed by atoms with Crippen molar-refractivity contribution in [3.8, 4) is 0 Å². The lowest BCUT2D eigenvalue weighted by atomic mass is 10.2. The first-order valence-corrected chi connectivity index (χ1v) is 10.4. The number of carbonyl (C=O) groups is 2. The highest BCUT2D eigenvalue weighted by molar-refractivity contribution is 9.10. The van der Waals surface area contributed by atoms with Crippen LogP contribution in [-0.4, -0.2) is 52.2 Å². The van der Waals surface area contributed by atoms with Gasteiger partial charge in [0.25, 0.3) is 10.0 Å². The minimum Gasteiger partial charge on any atom is -0.465 e. The number of hydrogen-bond donors (Lipinski definition) is 2. The van der Waals surface area contributed by atoms with Crippen LogP contribution in [0.1, 0.15) is 26.3 Å². The van der Waals surface area contributed by atoms with Crippen LogP contribution in [0, 0.1) is 0 Å². The molecule has 0 aromatic carbocycles. The Labute approximate surface area is 177 Å². The zero-order valence-corrected chi connectivity index (χ0v) is 18.8. The zero-order chi connectivity index (χ0) is 22.4. The van der Waals surface area contributed by atoms with Gasteiger partial charge in [-0.15, -0.1) is 0 Å². The van der Waals surface area contributed by atoms with E-state index in [1.165, 1.54) is 29.6 Å². The lowest BCUT2D eigenvalue weighted by molar-refractivity contribution is 0.0285. The van der Waals surface area contributed by atoms with Crippen molar-refractivity contribution in [3.63, 3.8) is 0 Å². The molecule has 0 bridgehead atoms. The number of primary amides is 1. The molecule has 0 saturated heterocycles. The molecule has 0 unspecified atom stereocenters. The van der Waals surface area contributed by atoms with E-state index in [2.05, 4.69) is 26.6 Å². The maximum absolute atomic E-state index is 12.7. The third-order valence-electron chi connectivity index (χ3n) is 3.11. The molecule has 3 N–H and O–H groups in total. The third-order valence-corrected chi connectivity index (χ3v) is 5.62. The molecule has 2 heterocycles. The molecule has 2 amide bonds. The Morgan fingerprint density at radius 3 is 2.45 bits per heavy atom. The minimum atomic E-state index is -3.76. The Balaban J connectivity index is 0.000000960. The summed E-state index contributed by atoms with van der Waals surface area (Å²) in [6.45, 7) is 5.56. The Morgan fingerprint density at radius 2 is 1.97 bits per heavy atom. The number of nitrogens with zero attached hydrogens (tertiary/aromatic N) is 3. The summed E-state index contributed by atoms with van der Waals surface area (Å²) in [5.74, 6) is 0. The van der Waals surface area contributed by atoms with Gasteiger partial charge < -0.3 is 20.5 Å². The fourth-order valence-corrected chi connectivity index (χ4v) is 4.22. The van der Waals surface area contributed by atoms with Crippen LogP contribution >= 0.6 is 15.9 Å². The molecule has 0 aliphatic rings. The molecule has 12 heteroatoms. The zero-order valence-electron chi connectivity index (χ0n) is 16.4. The normalized spacial score (nSPS) is 11.2. The van der Waals surface area contributed by atoms with Gasteiger partial charge in [0.1, 0.15) is 15.1 Å². The minimum absolute atomic E-state index is 0.0818. The van der Waals surface area contributed by atoms with Crippen LogP contribution in [0.25, 0.3) is 0 Å². The molecule has 0 fully saturated rings. The van der Waals surface area contributed by atoms with Crippen molar-refractivity contribution < 1.29 is 27.9 Å². The molecule has 0 aliphatic carbocycles. The second kappa shape index (κ2) is 9.74. The van der Waals surface area contributed by atoms with Crippen molar-refractivity contribution >= 4 is 38.1 Å². The van der Waals surface area contributed by atoms with E-state index in [0.717, 1.165) is 3.97 Å². The van der Waals surface area contributed by atoms with E-state index >= 15 is 0 Å². The lowest BCUT2D eigenvalue weighted by Crippen LogP contribution is -2.33. The van der Waals surface area contributed by atoms with E-state index in [9.17, 15) is 13.2 Å². The average molecular weight is 491 g/mol. The van der Waals surface area contributed by atoms with E-state index in [0.29, 0.717) is 10.2 Å². The van der Waals surface area contributed by atoms with Crippen LogP contribution in [0.15, 0.2) is 46.3 Å². The molecule has 0 saturated carbocycles. The SMILES string of the molecule is CN(Cc1cc(Br)n(S(=O)(=O)c2cccnc2)c1)C(=O)OC(C)(C)C.NC(=O)O. The fraction of sp³-hybridized carbons (Fsp3) is 0.353. The number of pyridine rings is 1. The lowest BCUT2D eigenvalue weighted by Gasteiger charge is -2.24. The first-order valence-electron chi connectivity index (χ1n) is 8.19. The highest BCUT2D eigenvalue weighted by Crippen LogP contribution is 2.23. The van der Waals surface area contributed by atoms with E-state index in [1.807, 2.05) is 0 Å². The van der Waals surface area contributed by atoms with Crippen LogP contribution in [0.3, 0.4) is 0 Å². The summed E-state index contributed by atoms with van der Waals surface area (Å²) >= 11 is 3.25. The number of halogens is 1. The summed E-state index contributed by atoms with van der Waals surface area (Å²) in [5.41, 5.74) is 4.08. The molecule has 10 nitrogen and oxygen atoms in total. The highest BCUT2D eigenvalue weighted by Gasteiger charge is 2.23. The summed E-state index contributed by atoms with van der Waals surface area (Å²) in [6.07, 6.45) is 2.44. The molecule has 0 aliphatic heterocycles. The molecular formula is C17H23BrN4O6S.